The van der Waals surface area contributed by atoms with Crippen molar-refractivity contribution < 1.29 is 9.26 Å². The average Bonchev–Trinajstić information content (AvgIpc) is 2.93. The van der Waals surface area contributed by atoms with Crippen molar-refractivity contribution in [2.24, 2.45) is 5.92 Å². The second kappa shape index (κ2) is 5.96. The van der Waals surface area contributed by atoms with Crippen LogP contribution < -0.4 is 5.32 Å². The van der Waals surface area contributed by atoms with Crippen LogP contribution in [0.2, 0.25) is 0 Å². The van der Waals surface area contributed by atoms with Crippen molar-refractivity contribution in [1.29, 1.82) is 0 Å². The van der Waals surface area contributed by atoms with Gasteiger partial charge >= 0.3 is 0 Å². The predicted octanol–water partition coefficient (Wildman–Crippen LogP) is 1.75. The summed E-state index contributed by atoms with van der Waals surface area (Å²) in [5.41, 5.74) is 0. The lowest BCUT2D eigenvalue weighted by Crippen LogP contribution is -2.28. The van der Waals surface area contributed by atoms with Gasteiger partial charge in [0.1, 0.15) is 6.04 Å². The van der Waals surface area contributed by atoms with E-state index in [1.165, 1.54) is 0 Å². The third-order valence-corrected chi connectivity index (χ3v) is 3.40. The molecule has 1 aliphatic rings. The number of rotatable bonds is 4. The highest BCUT2D eigenvalue weighted by atomic mass is 16.5. The molecule has 3 rings (SSSR count). The summed E-state index contributed by atoms with van der Waals surface area (Å²) < 4.78 is 10.7. The van der Waals surface area contributed by atoms with E-state index in [0.29, 0.717) is 23.6 Å². The monoisotopic (exact) mass is 275 g/mol. The molecule has 1 saturated heterocycles. The molecule has 0 saturated carbocycles. The van der Waals surface area contributed by atoms with Gasteiger partial charge in [-0.25, -0.2) is 9.97 Å². The minimum Gasteiger partial charge on any atom is -0.381 e. The maximum atomic E-state index is 5.42. The largest absolute Gasteiger partial charge is 0.381 e. The summed E-state index contributed by atoms with van der Waals surface area (Å²) in [4.78, 5) is 12.8. The van der Waals surface area contributed by atoms with Crippen LogP contribution in [0.3, 0.4) is 0 Å². The van der Waals surface area contributed by atoms with Gasteiger partial charge in [-0.3, -0.25) is 0 Å². The minimum atomic E-state index is -0.0810. The fraction of sp³-hybridized carbons (Fsp3) is 0.538. The number of hydrogen-bond acceptors (Lipinski definition) is 7. The first-order valence-corrected chi connectivity index (χ1v) is 6.74. The van der Waals surface area contributed by atoms with Crippen LogP contribution in [-0.4, -0.2) is 33.3 Å². The molecular formula is C13H17N5O2. The molecule has 0 amide bonds. The van der Waals surface area contributed by atoms with E-state index in [1.807, 2.05) is 6.92 Å². The Bertz CT molecular complexity index is 539. The third-order valence-electron chi connectivity index (χ3n) is 3.40. The summed E-state index contributed by atoms with van der Waals surface area (Å²) >= 11 is 0. The fourth-order valence-electron chi connectivity index (χ4n) is 2.38. The zero-order valence-corrected chi connectivity index (χ0v) is 11.3. The molecular weight excluding hydrogens is 258 g/mol. The van der Waals surface area contributed by atoms with Crippen LogP contribution in [0.4, 0.5) is 5.95 Å². The minimum absolute atomic E-state index is 0.0810. The molecule has 0 radical (unpaired) electrons. The van der Waals surface area contributed by atoms with Crippen molar-refractivity contribution in [2.75, 3.05) is 18.5 Å². The van der Waals surface area contributed by atoms with E-state index >= 15 is 0 Å². The van der Waals surface area contributed by atoms with Crippen molar-refractivity contribution in [3.8, 4) is 0 Å². The topological polar surface area (TPSA) is 86.0 Å². The predicted molar refractivity (Wildman–Crippen MR) is 71.0 cm³/mol. The van der Waals surface area contributed by atoms with E-state index in [4.69, 9.17) is 9.26 Å². The fourth-order valence-corrected chi connectivity index (χ4v) is 2.38. The molecule has 106 valence electrons. The lowest BCUT2D eigenvalue weighted by atomic mass is 9.91. The number of hydrogen-bond donors (Lipinski definition) is 1. The smallest absolute Gasteiger partial charge is 0.249 e. The Kier molecular flexibility index (Phi) is 3.87. The highest BCUT2D eigenvalue weighted by Gasteiger charge is 2.30. The van der Waals surface area contributed by atoms with Crippen molar-refractivity contribution in [2.45, 2.75) is 25.8 Å². The van der Waals surface area contributed by atoms with E-state index in [2.05, 4.69) is 25.4 Å². The van der Waals surface area contributed by atoms with Gasteiger partial charge in [-0.05, 0) is 31.7 Å². The Balaban J connectivity index is 1.82. The first-order chi connectivity index (χ1) is 9.83. The van der Waals surface area contributed by atoms with Gasteiger partial charge in [-0.1, -0.05) is 5.16 Å². The quantitative estimate of drug-likeness (QED) is 0.909. The molecule has 2 aromatic heterocycles. The van der Waals surface area contributed by atoms with Crippen LogP contribution in [0.5, 0.6) is 0 Å². The molecule has 0 aliphatic carbocycles. The van der Waals surface area contributed by atoms with Crippen molar-refractivity contribution >= 4 is 5.95 Å². The summed E-state index contributed by atoms with van der Waals surface area (Å²) in [5, 5.41) is 7.18. The summed E-state index contributed by atoms with van der Waals surface area (Å²) in [5.74, 6) is 2.15. The molecule has 1 fully saturated rings. The summed E-state index contributed by atoms with van der Waals surface area (Å²) in [6.45, 7) is 3.32. The van der Waals surface area contributed by atoms with Gasteiger partial charge in [-0.2, -0.15) is 4.98 Å². The van der Waals surface area contributed by atoms with Gasteiger partial charge in [0.2, 0.25) is 11.8 Å². The SMILES string of the molecule is Cc1noc([C@@H](Nc2ncccn2)C2CCOCC2)n1. The van der Waals surface area contributed by atoms with Gasteiger partial charge in [-0.15, -0.1) is 0 Å². The molecule has 7 nitrogen and oxygen atoms in total. The summed E-state index contributed by atoms with van der Waals surface area (Å²) in [6, 6.07) is 1.70. The number of aryl methyl sites for hydroxylation is 1. The van der Waals surface area contributed by atoms with E-state index in [1.54, 1.807) is 18.5 Å². The molecule has 1 N–H and O–H groups in total. The highest BCUT2D eigenvalue weighted by molar-refractivity contribution is 5.26. The first-order valence-electron chi connectivity index (χ1n) is 6.74. The average molecular weight is 275 g/mol. The lowest BCUT2D eigenvalue weighted by Gasteiger charge is -2.28. The van der Waals surface area contributed by atoms with Crippen LogP contribution in [0.25, 0.3) is 0 Å². The van der Waals surface area contributed by atoms with E-state index in [9.17, 15) is 0 Å². The summed E-state index contributed by atoms with van der Waals surface area (Å²) in [6.07, 6.45) is 5.31. The van der Waals surface area contributed by atoms with Crippen LogP contribution in [0.15, 0.2) is 23.0 Å². The Hall–Kier alpha value is -2.02. The molecule has 3 heterocycles. The Morgan fingerprint density at radius 2 is 2.00 bits per heavy atom. The number of anilines is 1. The molecule has 2 aromatic rings. The zero-order chi connectivity index (χ0) is 13.8. The molecule has 20 heavy (non-hydrogen) atoms. The Morgan fingerprint density at radius 1 is 1.25 bits per heavy atom. The van der Waals surface area contributed by atoms with Gasteiger partial charge in [0, 0.05) is 25.6 Å². The van der Waals surface area contributed by atoms with Gasteiger partial charge in [0.15, 0.2) is 5.82 Å². The van der Waals surface area contributed by atoms with E-state index in [-0.39, 0.29) is 6.04 Å². The van der Waals surface area contributed by atoms with Crippen LogP contribution in [0.1, 0.15) is 30.6 Å². The molecule has 0 aromatic carbocycles. The molecule has 0 bridgehead atoms. The molecule has 1 atom stereocenters. The Morgan fingerprint density at radius 3 is 2.65 bits per heavy atom. The molecule has 7 heteroatoms. The number of nitrogens with zero attached hydrogens (tertiary/aromatic N) is 4. The van der Waals surface area contributed by atoms with Crippen molar-refractivity contribution in [3.05, 3.63) is 30.2 Å². The van der Waals surface area contributed by atoms with Crippen molar-refractivity contribution in [3.63, 3.8) is 0 Å². The number of ether oxygens (including phenoxy) is 1. The molecule has 1 aliphatic heterocycles. The molecule has 0 unspecified atom stereocenters. The highest BCUT2D eigenvalue weighted by Crippen LogP contribution is 2.31. The standard InChI is InChI=1S/C13H17N5O2/c1-9-16-12(20-18-9)11(10-3-7-19-8-4-10)17-13-14-5-2-6-15-13/h2,5-6,10-11H,3-4,7-8H2,1H3,(H,14,15,17)/t11-/m0/s1. The normalized spacial score (nSPS) is 17.9. The first kappa shape index (κ1) is 13.0. The number of aromatic nitrogens is 4. The molecule has 0 spiro atoms. The van der Waals surface area contributed by atoms with Crippen LogP contribution in [0, 0.1) is 12.8 Å². The van der Waals surface area contributed by atoms with Crippen LogP contribution >= 0.6 is 0 Å². The van der Waals surface area contributed by atoms with Gasteiger partial charge < -0.3 is 14.6 Å². The van der Waals surface area contributed by atoms with E-state index in [0.717, 1.165) is 26.1 Å². The second-order valence-corrected chi connectivity index (χ2v) is 4.82. The van der Waals surface area contributed by atoms with Crippen LogP contribution in [-0.2, 0) is 4.74 Å². The lowest BCUT2D eigenvalue weighted by molar-refractivity contribution is 0.0570. The number of nitrogens with one attached hydrogen (secondary N) is 1. The van der Waals surface area contributed by atoms with E-state index < -0.39 is 0 Å². The maximum Gasteiger partial charge on any atom is 0.249 e. The van der Waals surface area contributed by atoms with Gasteiger partial charge in [0.25, 0.3) is 0 Å². The van der Waals surface area contributed by atoms with Crippen molar-refractivity contribution in [1.82, 2.24) is 20.1 Å². The van der Waals surface area contributed by atoms with Gasteiger partial charge in [0.05, 0.1) is 0 Å². The second-order valence-electron chi connectivity index (χ2n) is 4.82. The third kappa shape index (κ3) is 2.93. The maximum absolute atomic E-state index is 5.42. The summed E-state index contributed by atoms with van der Waals surface area (Å²) in [7, 11) is 0. The zero-order valence-electron chi connectivity index (χ0n) is 11.3. The Labute approximate surface area is 116 Å².